The second-order valence-corrected chi connectivity index (χ2v) is 5.74. The summed E-state index contributed by atoms with van der Waals surface area (Å²) in [5.74, 6) is -0.172. The van der Waals surface area contributed by atoms with Crippen LogP contribution < -0.4 is 5.43 Å². The minimum atomic E-state index is -0.172. The Bertz CT molecular complexity index is 643. The van der Waals surface area contributed by atoms with E-state index in [9.17, 15) is 4.79 Å². The monoisotopic (exact) mass is 286 g/mol. The first-order chi connectivity index (χ1) is 9.61. The fraction of sp³-hybridized carbons (Fsp3) is 0.250. The number of hydrogen-bond donors (Lipinski definition) is 1. The van der Waals surface area contributed by atoms with Crippen LogP contribution in [0.4, 0.5) is 0 Å². The van der Waals surface area contributed by atoms with Crippen LogP contribution in [0.5, 0.6) is 0 Å². The van der Waals surface area contributed by atoms with Crippen molar-refractivity contribution in [1.82, 2.24) is 5.43 Å². The highest BCUT2D eigenvalue weighted by molar-refractivity contribution is 7.14. The average molecular weight is 286 g/mol. The lowest BCUT2D eigenvalue weighted by molar-refractivity contribution is 0.0954. The molecule has 0 atom stereocenters. The molecule has 1 amide bonds. The number of thiophene rings is 1. The topological polar surface area (TPSA) is 41.5 Å². The summed E-state index contributed by atoms with van der Waals surface area (Å²) >= 11 is 1.71. The van der Waals surface area contributed by atoms with E-state index in [2.05, 4.69) is 23.5 Å². The number of hydrogen-bond acceptors (Lipinski definition) is 3. The van der Waals surface area contributed by atoms with Gasteiger partial charge in [-0.3, -0.25) is 4.79 Å². The maximum Gasteiger partial charge on any atom is 0.271 e. The Kier molecular flexibility index (Phi) is 4.69. The summed E-state index contributed by atoms with van der Waals surface area (Å²) < 4.78 is 0. The molecule has 1 heterocycles. The van der Waals surface area contributed by atoms with E-state index in [0.29, 0.717) is 5.56 Å². The van der Waals surface area contributed by atoms with E-state index in [0.717, 1.165) is 22.6 Å². The minimum absolute atomic E-state index is 0.172. The molecule has 1 aromatic carbocycles. The lowest BCUT2D eigenvalue weighted by atomic mass is 10.1. The van der Waals surface area contributed by atoms with Crippen LogP contribution in [0.1, 0.15) is 39.5 Å². The van der Waals surface area contributed by atoms with Gasteiger partial charge in [-0.1, -0.05) is 25.1 Å². The third-order valence-electron chi connectivity index (χ3n) is 3.08. The zero-order valence-electron chi connectivity index (χ0n) is 11.9. The summed E-state index contributed by atoms with van der Waals surface area (Å²) in [6.07, 6.45) is 1.02. The fourth-order valence-electron chi connectivity index (χ4n) is 1.84. The van der Waals surface area contributed by atoms with Crippen LogP contribution in [0.2, 0.25) is 0 Å². The smallest absolute Gasteiger partial charge is 0.267 e. The summed E-state index contributed by atoms with van der Waals surface area (Å²) in [7, 11) is 0. The SMILES string of the molecule is CCc1ccc(/C(C)=N/NC(=O)c2ccccc2C)s1. The summed E-state index contributed by atoms with van der Waals surface area (Å²) in [6, 6.07) is 11.6. The summed E-state index contributed by atoms with van der Waals surface area (Å²) in [5.41, 5.74) is 5.05. The highest BCUT2D eigenvalue weighted by Gasteiger charge is 2.08. The molecule has 0 aliphatic carbocycles. The van der Waals surface area contributed by atoms with Gasteiger partial charge in [0.2, 0.25) is 0 Å². The molecule has 0 aliphatic heterocycles. The van der Waals surface area contributed by atoms with Crippen molar-refractivity contribution in [2.45, 2.75) is 27.2 Å². The molecule has 0 fully saturated rings. The maximum atomic E-state index is 12.0. The molecule has 20 heavy (non-hydrogen) atoms. The summed E-state index contributed by atoms with van der Waals surface area (Å²) in [4.78, 5) is 14.5. The molecular formula is C16H18N2OS. The average Bonchev–Trinajstić information content (AvgIpc) is 2.94. The molecule has 2 rings (SSSR count). The van der Waals surface area contributed by atoms with E-state index < -0.39 is 0 Å². The minimum Gasteiger partial charge on any atom is -0.267 e. The summed E-state index contributed by atoms with van der Waals surface area (Å²) in [5, 5.41) is 4.19. The van der Waals surface area contributed by atoms with Crippen molar-refractivity contribution < 1.29 is 4.79 Å². The van der Waals surface area contributed by atoms with Crippen molar-refractivity contribution in [3.63, 3.8) is 0 Å². The van der Waals surface area contributed by atoms with Gasteiger partial charge in [0.15, 0.2) is 0 Å². The second kappa shape index (κ2) is 6.48. The third kappa shape index (κ3) is 3.33. The van der Waals surface area contributed by atoms with Gasteiger partial charge in [0.1, 0.15) is 0 Å². The predicted octanol–water partition coefficient (Wildman–Crippen LogP) is 3.77. The van der Waals surface area contributed by atoms with Crippen LogP contribution in [0.3, 0.4) is 0 Å². The Morgan fingerprint density at radius 3 is 2.65 bits per heavy atom. The predicted molar refractivity (Wildman–Crippen MR) is 84.6 cm³/mol. The number of aryl methyl sites for hydroxylation is 2. The third-order valence-corrected chi connectivity index (χ3v) is 4.42. The number of hydrazone groups is 1. The molecule has 2 aromatic rings. The van der Waals surface area contributed by atoms with Crippen LogP contribution in [-0.4, -0.2) is 11.6 Å². The van der Waals surface area contributed by atoms with Gasteiger partial charge in [-0.15, -0.1) is 11.3 Å². The van der Waals surface area contributed by atoms with E-state index in [1.165, 1.54) is 4.88 Å². The number of rotatable bonds is 4. The number of carbonyl (C=O) groups is 1. The Balaban J connectivity index is 2.09. The molecular weight excluding hydrogens is 268 g/mol. The van der Waals surface area contributed by atoms with Crippen molar-refractivity contribution in [1.29, 1.82) is 0 Å². The highest BCUT2D eigenvalue weighted by atomic mass is 32.1. The second-order valence-electron chi connectivity index (χ2n) is 4.57. The molecule has 4 heteroatoms. The summed E-state index contributed by atoms with van der Waals surface area (Å²) in [6.45, 7) is 5.95. The first-order valence-electron chi connectivity index (χ1n) is 6.61. The fourth-order valence-corrected chi connectivity index (χ4v) is 2.73. The normalized spacial score (nSPS) is 11.4. The molecule has 3 nitrogen and oxygen atoms in total. The Morgan fingerprint density at radius 1 is 1.25 bits per heavy atom. The van der Waals surface area contributed by atoms with Gasteiger partial charge >= 0.3 is 0 Å². The molecule has 1 N–H and O–H groups in total. The lowest BCUT2D eigenvalue weighted by Gasteiger charge is -2.04. The van der Waals surface area contributed by atoms with Crippen LogP contribution in [0.15, 0.2) is 41.5 Å². The van der Waals surface area contributed by atoms with Crippen molar-refractivity contribution in [2.75, 3.05) is 0 Å². The number of nitrogens with zero attached hydrogens (tertiary/aromatic N) is 1. The first kappa shape index (κ1) is 14.5. The zero-order valence-corrected chi connectivity index (χ0v) is 12.8. The van der Waals surface area contributed by atoms with E-state index >= 15 is 0 Å². The first-order valence-corrected chi connectivity index (χ1v) is 7.42. The number of amides is 1. The molecule has 0 spiro atoms. The van der Waals surface area contributed by atoms with Crippen molar-refractivity contribution in [3.8, 4) is 0 Å². The van der Waals surface area contributed by atoms with E-state index in [4.69, 9.17) is 0 Å². The van der Waals surface area contributed by atoms with Gasteiger partial charge in [-0.05, 0) is 44.0 Å². The molecule has 0 bridgehead atoms. The molecule has 0 aliphatic rings. The Morgan fingerprint density at radius 2 is 2.00 bits per heavy atom. The van der Waals surface area contributed by atoms with E-state index in [-0.39, 0.29) is 5.91 Å². The maximum absolute atomic E-state index is 12.0. The quantitative estimate of drug-likeness (QED) is 0.674. The van der Waals surface area contributed by atoms with Crippen molar-refractivity contribution in [2.24, 2.45) is 5.10 Å². The van der Waals surface area contributed by atoms with Gasteiger partial charge in [0.25, 0.3) is 5.91 Å². The molecule has 1 aromatic heterocycles. The zero-order chi connectivity index (χ0) is 14.5. The Labute approximate surface area is 123 Å². The van der Waals surface area contributed by atoms with E-state index in [1.807, 2.05) is 38.1 Å². The lowest BCUT2D eigenvalue weighted by Crippen LogP contribution is -2.20. The largest absolute Gasteiger partial charge is 0.271 e. The van der Waals surface area contributed by atoms with Crippen molar-refractivity contribution in [3.05, 3.63) is 57.3 Å². The van der Waals surface area contributed by atoms with Gasteiger partial charge in [0.05, 0.1) is 10.6 Å². The standard InChI is InChI=1S/C16H18N2OS/c1-4-13-9-10-15(20-13)12(3)17-18-16(19)14-8-6-5-7-11(14)2/h5-10H,4H2,1-3H3,(H,18,19)/b17-12+. The van der Waals surface area contributed by atoms with Gasteiger partial charge in [-0.25, -0.2) is 5.43 Å². The van der Waals surface area contributed by atoms with Crippen LogP contribution in [0.25, 0.3) is 0 Å². The van der Waals surface area contributed by atoms with E-state index in [1.54, 1.807) is 17.4 Å². The van der Waals surface area contributed by atoms with Crippen LogP contribution >= 0.6 is 11.3 Å². The van der Waals surface area contributed by atoms with Gasteiger partial charge in [0, 0.05) is 10.4 Å². The molecule has 104 valence electrons. The molecule has 0 unspecified atom stereocenters. The van der Waals surface area contributed by atoms with Crippen LogP contribution in [0, 0.1) is 6.92 Å². The van der Waals surface area contributed by atoms with Crippen molar-refractivity contribution >= 4 is 23.0 Å². The van der Waals surface area contributed by atoms with Crippen LogP contribution in [-0.2, 0) is 6.42 Å². The van der Waals surface area contributed by atoms with Gasteiger partial charge in [-0.2, -0.15) is 5.10 Å². The molecule has 0 radical (unpaired) electrons. The highest BCUT2D eigenvalue weighted by Crippen LogP contribution is 2.17. The molecule has 0 saturated carbocycles. The Hall–Kier alpha value is -1.94. The number of carbonyl (C=O) groups excluding carboxylic acids is 1. The van der Waals surface area contributed by atoms with Gasteiger partial charge < -0.3 is 0 Å². The number of benzene rings is 1. The number of nitrogens with one attached hydrogen (secondary N) is 1. The molecule has 0 saturated heterocycles.